The number of ether oxygens (including phenoxy) is 2. The van der Waals surface area contributed by atoms with Crippen LogP contribution >= 0.6 is 0 Å². The van der Waals surface area contributed by atoms with E-state index < -0.39 is 40.5 Å². The van der Waals surface area contributed by atoms with E-state index in [1.54, 1.807) is 0 Å². The molecule has 0 aliphatic heterocycles. The van der Waals surface area contributed by atoms with Gasteiger partial charge >= 0.3 is 41.5 Å². The van der Waals surface area contributed by atoms with Crippen molar-refractivity contribution in [3.05, 3.63) is 0 Å². The molecule has 0 bridgehead atoms. The summed E-state index contributed by atoms with van der Waals surface area (Å²) in [5, 5.41) is -1.58. The molecule has 0 spiro atoms. The molecule has 0 fully saturated rings. The van der Waals surface area contributed by atoms with Crippen LogP contribution in [0.25, 0.3) is 0 Å². The molecule has 0 amide bonds. The fraction of sp³-hybridized carbons (Fsp3) is 0.905. The van der Waals surface area contributed by atoms with Crippen molar-refractivity contribution < 1.29 is 61.6 Å². The fourth-order valence-electron chi connectivity index (χ4n) is 3.06. The van der Waals surface area contributed by atoms with Crippen molar-refractivity contribution in [2.75, 3.05) is 13.2 Å². The molecular formula is C21H39NaO7S. The number of hydrogen-bond acceptors (Lipinski definition) is 7. The minimum absolute atomic E-state index is 0. The minimum atomic E-state index is -4.76. The topological polar surface area (TPSA) is 110 Å². The molecule has 2 unspecified atom stereocenters. The summed E-state index contributed by atoms with van der Waals surface area (Å²) in [5.74, 6) is -0.703. The van der Waals surface area contributed by atoms with Gasteiger partial charge in [0, 0.05) is 12.8 Å². The molecule has 0 heterocycles. The summed E-state index contributed by atoms with van der Waals surface area (Å²) >= 11 is 0. The zero-order chi connectivity index (χ0) is 22.3. The van der Waals surface area contributed by atoms with Crippen LogP contribution in [0.3, 0.4) is 0 Å². The van der Waals surface area contributed by atoms with Gasteiger partial charge in [0.1, 0.15) is 28.6 Å². The predicted octanol–water partition coefficient (Wildman–Crippen LogP) is 1.20. The van der Waals surface area contributed by atoms with Gasteiger partial charge in [0.15, 0.2) is 0 Å². The Morgan fingerprint density at radius 3 is 1.43 bits per heavy atom. The van der Waals surface area contributed by atoms with Crippen molar-refractivity contribution in [2.45, 2.75) is 97.2 Å². The van der Waals surface area contributed by atoms with Gasteiger partial charge in [0.2, 0.25) is 0 Å². The predicted molar refractivity (Wildman–Crippen MR) is 111 cm³/mol. The van der Waals surface area contributed by atoms with Crippen LogP contribution < -0.4 is 29.6 Å². The summed E-state index contributed by atoms with van der Waals surface area (Å²) in [4.78, 5) is 24.0. The van der Waals surface area contributed by atoms with Crippen LogP contribution in [0.15, 0.2) is 0 Å². The molecular weight excluding hydrogens is 419 g/mol. The summed E-state index contributed by atoms with van der Waals surface area (Å²) < 4.78 is 44.4. The smallest absolute Gasteiger partial charge is 0.748 e. The van der Waals surface area contributed by atoms with E-state index in [4.69, 9.17) is 9.47 Å². The van der Waals surface area contributed by atoms with Gasteiger partial charge in [-0.2, -0.15) is 0 Å². The maximum Gasteiger partial charge on any atom is 1.00 e. The molecule has 0 N–H and O–H groups in total. The van der Waals surface area contributed by atoms with Gasteiger partial charge in [-0.25, -0.2) is 8.42 Å². The van der Waals surface area contributed by atoms with E-state index in [1.807, 2.05) is 13.8 Å². The Balaban J connectivity index is 0. The maximum absolute atomic E-state index is 12.0. The third-order valence-electron chi connectivity index (χ3n) is 5.27. The number of esters is 2. The first kappa shape index (κ1) is 32.0. The van der Waals surface area contributed by atoms with Crippen molar-refractivity contribution in [1.82, 2.24) is 0 Å². The second-order valence-corrected chi connectivity index (χ2v) is 9.37. The van der Waals surface area contributed by atoms with Crippen LogP contribution in [0.2, 0.25) is 0 Å². The van der Waals surface area contributed by atoms with Crippen LogP contribution in [-0.4, -0.2) is 43.4 Å². The van der Waals surface area contributed by atoms with E-state index in [0.29, 0.717) is 0 Å². The molecule has 9 heteroatoms. The molecule has 30 heavy (non-hydrogen) atoms. The fourth-order valence-corrected chi connectivity index (χ4v) is 3.53. The number of rotatable bonds is 17. The summed E-state index contributed by atoms with van der Waals surface area (Å²) in [5.41, 5.74) is 0. The second kappa shape index (κ2) is 18.4. The third-order valence-corrected chi connectivity index (χ3v) is 6.35. The quantitative estimate of drug-likeness (QED) is 0.183. The molecule has 7 nitrogen and oxygen atoms in total. The molecule has 172 valence electrons. The minimum Gasteiger partial charge on any atom is -0.748 e. The Bertz CT molecular complexity index is 532. The number of carbonyl (C=O) groups excluding carboxylic acids is 2. The Kier molecular flexibility index (Phi) is 19.7. The van der Waals surface area contributed by atoms with Gasteiger partial charge < -0.3 is 14.0 Å². The Morgan fingerprint density at radius 1 is 0.800 bits per heavy atom. The number of hydrogen-bond donors (Lipinski definition) is 0. The Morgan fingerprint density at radius 2 is 1.17 bits per heavy atom. The van der Waals surface area contributed by atoms with Crippen molar-refractivity contribution in [2.24, 2.45) is 11.8 Å². The largest absolute Gasteiger partial charge is 1.00 e. The van der Waals surface area contributed by atoms with Gasteiger partial charge in [0.25, 0.3) is 0 Å². The molecule has 0 saturated carbocycles. The first-order valence-electron chi connectivity index (χ1n) is 10.9. The van der Waals surface area contributed by atoms with Gasteiger partial charge in [-0.3, -0.25) is 9.59 Å². The molecule has 0 aromatic heterocycles. The van der Waals surface area contributed by atoms with E-state index in [1.165, 1.54) is 0 Å². The van der Waals surface area contributed by atoms with E-state index in [2.05, 4.69) is 13.8 Å². The maximum atomic E-state index is 12.0. The van der Waals surface area contributed by atoms with Crippen LogP contribution in [0.4, 0.5) is 0 Å². The molecule has 2 atom stereocenters. The summed E-state index contributed by atoms with van der Waals surface area (Å²) in [6.07, 6.45) is 7.93. The summed E-state index contributed by atoms with van der Waals surface area (Å²) in [6.45, 7) is 6.94. The number of carbonyl (C=O) groups is 2. The molecule has 0 aromatic carbocycles. The molecule has 0 rings (SSSR count). The second-order valence-electron chi connectivity index (χ2n) is 7.72. The Hall–Kier alpha value is -0.150. The SMILES string of the molecule is CCCCC(CC)CC(=O)OCC(COC(=O)CC(CC)CCCC)S(=O)(=O)[O-].[Na+]. The van der Waals surface area contributed by atoms with Gasteiger partial charge in [-0.05, 0) is 24.7 Å². The first-order chi connectivity index (χ1) is 13.7. The normalized spacial score (nSPS) is 14.3. The monoisotopic (exact) mass is 458 g/mol. The van der Waals surface area contributed by atoms with E-state index >= 15 is 0 Å². The van der Waals surface area contributed by atoms with Crippen LogP contribution in [-0.2, 0) is 29.2 Å². The Labute approximate surface area is 205 Å². The zero-order valence-corrected chi connectivity index (χ0v) is 22.3. The van der Waals surface area contributed by atoms with E-state index in [-0.39, 0.29) is 54.2 Å². The molecule has 0 radical (unpaired) electrons. The summed E-state index contributed by atoms with van der Waals surface area (Å²) in [6, 6.07) is 0. The standard InChI is InChI=1S/C21H40O7S.Na/c1-5-9-11-17(7-3)13-20(22)27-15-19(29(24,25)26)16-28-21(23)14-18(8-4)12-10-6-2;/h17-19H,5-16H2,1-4H3,(H,24,25,26);/q;+1/p-1. The van der Waals surface area contributed by atoms with Crippen molar-refractivity contribution in [3.63, 3.8) is 0 Å². The average molecular weight is 459 g/mol. The first-order valence-corrected chi connectivity index (χ1v) is 12.4. The van der Waals surface area contributed by atoms with Gasteiger partial charge in [0.05, 0.1) is 0 Å². The van der Waals surface area contributed by atoms with Crippen molar-refractivity contribution in [3.8, 4) is 0 Å². The third kappa shape index (κ3) is 15.6. The number of unbranched alkanes of at least 4 members (excludes halogenated alkanes) is 2. The molecule has 0 aliphatic carbocycles. The van der Waals surface area contributed by atoms with Crippen LogP contribution in [0, 0.1) is 11.8 Å². The van der Waals surface area contributed by atoms with Crippen LogP contribution in [0.5, 0.6) is 0 Å². The van der Waals surface area contributed by atoms with E-state index in [9.17, 15) is 22.6 Å². The summed E-state index contributed by atoms with van der Waals surface area (Å²) in [7, 11) is -4.76. The molecule has 0 aromatic rings. The van der Waals surface area contributed by atoms with E-state index in [0.717, 1.165) is 51.4 Å². The molecule has 0 aliphatic rings. The van der Waals surface area contributed by atoms with Gasteiger partial charge in [-0.1, -0.05) is 66.2 Å². The van der Waals surface area contributed by atoms with Crippen molar-refractivity contribution in [1.29, 1.82) is 0 Å². The van der Waals surface area contributed by atoms with Crippen LogP contribution in [0.1, 0.15) is 91.9 Å². The van der Waals surface area contributed by atoms with Gasteiger partial charge in [-0.15, -0.1) is 0 Å². The average Bonchev–Trinajstić information content (AvgIpc) is 2.66. The molecule has 0 saturated heterocycles. The zero-order valence-electron chi connectivity index (χ0n) is 19.5. The van der Waals surface area contributed by atoms with Crippen molar-refractivity contribution >= 4 is 22.1 Å².